The van der Waals surface area contributed by atoms with E-state index in [1.807, 2.05) is 49.4 Å². The van der Waals surface area contributed by atoms with E-state index in [0.29, 0.717) is 37.6 Å². The van der Waals surface area contributed by atoms with Crippen molar-refractivity contribution in [1.29, 1.82) is 0 Å². The highest BCUT2D eigenvalue weighted by atomic mass is 32.2. The van der Waals surface area contributed by atoms with E-state index in [9.17, 15) is 22.8 Å². The Morgan fingerprint density at radius 1 is 1.02 bits per heavy atom. The van der Waals surface area contributed by atoms with Crippen LogP contribution in [0.1, 0.15) is 56.4 Å². The summed E-state index contributed by atoms with van der Waals surface area (Å²) in [5, 5.41) is 2.83. The molecule has 1 unspecified atom stereocenters. The quantitative estimate of drug-likeness (QED) is 0.156. The second kappa shape index (κ2) is 18.3. The number of rotatable bonds is 17. The van der Waals surface area contributed by atoms with Crippen molar-refractivity contribution in [2.45, 2.75) is 70.1 Å². The zero-order valence-electron chi connectivity index (χ0n) is 28.1. The molecule has 2 heterocycles. The highest BCUT2D eigenvalue weighted by molar-refractivity contribution is 7.88. The van der Waals surface area contributed by atoms with Gasteiger partial charge >= 0.3 is 0 Å². The summed E-state index contributed by atoms with van der Waals surface area (Å²) in [7, 11) is -2.17. The number of aromatic nitrogens is 2. The number of nitrogens with one attached hydrogen (secondary N) is 3. The highest BCUT2D eigenvalue weighted by Crippen LogP contribution is 2.36. The number of nitrogens with zero attached hydrogens (tertiary/aromatic N) is 2. The van der Waals surface area contributed by atoms with Crippen molar-refractivity contribution in [3.8, 4) is 5.75 Å². The molecule has 48 heavy (non-hydrogen) atoms. The van der Waals surface area contributed by atoms with Crippen LogP contribution in [-0.2, 0) is 47.6 Å². The Morgan fingerprint density at radius 3 is 2.23 bits per heavy atom. The number of nitrogens with two attached hydrogens (primary N) is 1. The summed E-state index contributed by atoms with van der Waals surface area (Å²) >= 11 is 0. The summed E-state index contributed by atoms with van der Waals surface area (Å²) in [6.45, 7) is 5.27. The number of carbonyl (C=O) groups excluding carboxylic acids is 3. The maximum atomic E-state index is 13.9. The monoisotopic (exact) mass is 684 g/mol. The van der Waals surface area contributed by atoms with Crippen LogP contribution < -0.4 is 20.5 Å². The van der Waals surface area contributed by atoms with Gasteiger partial charge in [-0.3, -0.25) is 14.4 Å². The minimum atomic E-state index is -3.74. The molecule has 1 aliphatic rings. The largest absolute Gasteiger partial charge is 0.497 e. The zero-order chi connectivity index (χ0) is 35.2. The summed E-state index contributed by atoms with van der Waals surface area (Å²) in [5.74, 6) is -0.439. The first-order chi connectivity index (χ1) is 22.9. The topological polar surface area (TPSA) is 186 Å². The molecule has 13 nitrogen and oxygen atoms in total. The lowest BCUT2D eigenvalue weighted by molar-refractivity contribution is -0.175. The Morgan fingerprint density at radius 2 is 1.71 bits per heavy atom. The van der Waals surface area contributed by atoms with Gasteiger partial charge in [0.15, 0.2) is 0 Å². The number of primary amides is 1. The van der Waals surface area contributed by atoms with Gasteiger partial charge < -0.3 is 30.4 Å². The number of hydrogen-bond acceptors (Lipinski definition) is 8. The van der Waals surface area contributed by atoms with Crippen LogP contribution in [0.4, 0.5) is 0 Å². The number of aromatic amines is 1. The fourth-order valence-corrected chi connectivity index (χ4v) is 5.94. The van der Waals surface area contributed by atoms with Crippen LogP contribution in [-0.4, -0.2) is 86.2 Å². The first kappa shape index (κ1) is 38.2. The number of carbonyl (C=O) groups is 3. The number of sulfonamides is 1. The number of methoxy groups -OCH3 is 1. The van der Waals surface area contributed by atoms with Gasteiger partial charge in [0.05, 0.1) is 38.5 Å². The molecule has 0 spiro atoms. The lowest BCUT2D eigenvalue weighted by Crippen LogP contribution is -2.66. The number of likely N-dealkylation sites (tertiary alicyclic amines) is 1. The van der Waals surface area contributed by atoms with Crippen LogP contribution in [0.3, 0.4) is 0 Å². The van der Waals surface area contributed by atoms with Gasteiger partial charge in [-0.05, 0) is 36.1 Å². The second-order valence-electron chi connectivity index (χ2n) is 11.8. The fourth-order valence-electron chi connectivity index (χ4n) is 5.23. The van der Waals surface area contributed by atoms with Crippen LogP contribution in [0.5, 0.6) is 5.75 Å². The summed E-state index contributed by atoms with van der Waals surface area (Å²) in [5.41, 5.74) is 6.45. The van der Waals surface area contributed by atoms with Gasteiger partial charge in [0.2, 0.25) is 27.7 Å². The molecule has 1 saturated heterocycles. The third kappa shape index (κ3) is 11.8. The van der Waals surface area contributed by atoms with E-state index in [2.05, 4.69) is 26.9 Å². The molecule has 2 atom stereocenters. The maximum absolute atomic E-state index is 13.9. The minimum Gasteiger partial charge on any atom is -0.497 e. The van der Waals surface area contributed by atoms with Gasteiger partial charge in [-0.15, -0.1) is 0 Å². The predicted octanol–water partition coefficient (Wildman–Crippen LogP) is 2.43. The molecule has 4 rings (SSSR count). The molecular formula is C34H48N6O7S. The van der Waals surface area contributed by atoms with Crippen molar-refractivity contribution < 1.29 is 32.3 Å². The van der Waals surface area contributed by atoms with Crippen molar-refractivity contribution in [3.63, 3.8) is 0 Å². The van der Waals surface area contributed by atoms with E-state index >= 15 is 0 Å². The lowest BCUT2D eigenvalue weighted by Gasteiger charge is -2.51. The first-order valence-corrected chi connectivity index (χ1v) is 17.9. The molecule has 0 saturated carbocycles. The number of amides is 3. The van der Waals surface area contributed by atoms with Crippen LogP contribution in [0.2, 0.25) is 0 Å². The van der Waals surface area contributed by atoms with Gasteiger partial charge in [-0.1, -0.05) is 62.7 Å². The van der Waals surface area contributed by atoms with Crippen LogP contribution in [0, 0.1) is 0 Å². The highest BCUT2D eigenvalue weighted by Gasteiger charge is 2.49. The average Bonchev–Trinajstić information content (AvgIpc) is 3.55. The molecular weight excluding hydrogens is 636 g/mol. The fraction of sp³-hybridized carbons (Fsp3) is 0.471. The van der Waals surface area contributed by atoms with E-state index in [1.54, 1.807) is 30.3 Å². The average molecular weight is 685 g/mol. The summed E-state index contributed by atoms with van der Waals surface area (Å²) in [6, 6.07) is 15.0. The van der Waals surface area contributed by atoms with Gasteiger partial charge in [-0.25, -0.2) is 18.1 Å². The molecule has 0 radical (unpaired) electrons. The first-order valence-electron chi connectivity index (χ1n) is 16.0. The molecule has 14 heteroatoms. The standard InChI is InChI=1S/C30H39N5O6S.C4H9NO/c1-4-5-15-41-30(23-9-7-6-8-10-23)19-35(20-30)29(37)27(16-22-11-13-25(40-2)14-12-22)33-28(36)26(34-42(3,38)39)17-24-18-31-21-32-24;1-2-3-4(5)6/h6-14,18,21,26-27,34H,4-5,15-17,19-20H2,1-3H3,(H,31,32)(H,33,36);2-3H2,1H3,(H2,5,6)/t26-,27?;/m0./s1. The molecule has 3 amide bonds. The SMILES string of the molecule is CCCC(N)=O.CCCCOC1(c2ccccc2)CN(C(=O)C(Cc2ccc(OC)cc2)NC(=O)[C@H](Cc2c[nH]cn2)NS(C)(=O)=O)C1. The molecule has 1 aliphatic heterocycles. The van der Waals surface area contributed by atoms with Gasteiger partial charge in [0, 0.05) is 32.1 Å². The van der Waals surface area contributed by atoms with Crippen molar-refractivity contribution in [3.05, 3.63) is 83.9 Å². The van der Waals surface area contributed by atoms with E-state index in [-0.39, 0.29) is 24.7 Å². The van der Waals surface area contributed by atoms with Crippen molar-refractivity contribution in [1.82, 2.24) is 24.9 Å². The number of benzene rings is 2. The van der Waals surface area contributed by atoms with Crippen molar-refractivity contribution in [2.24, 2.45) is 5.73 Å². The normalized spacial score (nSPS) is 14.9. The number of hydrogen-bond donors (Lipinski definition) is 4. The van der Waals surface area contributed by atoms with Crippen LogP contribution in [0.15, 0.2) is 67.1 Å². The molecule has 262 valence electrons. The molecule has 0 bridgehead atoms. The molecule has 5 N–H and O–H groups in total. The predicted molar refractivity (Wildman–Crippen MR) is 182 cm³/mol. The summed E-state index contributed by atoms with van der Waals surface area (Å²) in [4.78, 5) is 45.9. The third-order valence-corrected chi connectivity index (χ3v) is 8.44. The Labute approximate surface area is 283 Å². The Balaban J connectivity index is 0.000000952. The van der Waals surface area contributed by atoms with Crippen LogP contribution in [0.25, 0.3) is 0 Å². The smallest absolute Gasteiger partial charge is 0.245 e. The number of H-pyrrole nitrogens is 1. The lowest BCUT2D eigenvalue weighted by atomic mass is 9.84. The van der Waals surface area contributed by atoms with Gasteiger partial charge in [0.25, 0.3) is 0 Å². The minimum absolute atomic E-state index is 0.0119. The van der Waals surface area contributed by atoms with Crippen LogP contribution >= 0.6 is 0 Å². The van der Waals surface area contributed by atoms with E-state index < -0.39 is 33.6 Å². The zero-order valence-corrected chi connectivity index (χ0v) is 28.9. The van der Waals surface area contributed by atoms with Gasteiger partial charge in [0.1, 0.15) is 23.4 Å². The van der Waals surface area contributed by atoms with E-state index in [4.69, 9.17) is 15.2 Å². The number of ether oxygens (including phenoxy) is 2. The molecule has 1 aromatic heterocycles. The molecule has 2 aromatic carbocycles. The Bertz CT molecular complexity index is 1540. The van der Waals surface area contributed by atoms with Crippen molar-refractivity contribution >= 4 is 27.7 Å². The molecule has 1 fully saturated rings. The number of imidazole rings is 1. The third-order valence-electron chi connectivity index (χ3n) is 7.73. The Hall–Kier alpha value is -4.27. The second-order valence-corrected chi connectivity index (χ2v) is 13.6. The molecule has 0 aliphatic carbocycles. The molecule has 3 aromatic rings. The van der Waals surface area contributed by atoms with Crippen molar-refractivity contribution in [2.75, 3.05) is 33.1 Å². The summed E-state index contributed by atoms with van der Waals surface area (Å²) < 4.78 is 38.2. The number of unbranched alkanes of at least 4 members (excludes halogenated alkanes) is 1. The van der Waals surface area contributed by atoms with E-state index in [1.165, 1.54) is 6.33 Å². The summed E-state index contributed by atoms with van der Waals surface area (Å²) in [6.07, 6.45) is 7.51. The Kier molecular flexibility index (Phi) is 14.6. The van der Waals surface area contributed by atoms with E-state index in [0.717, 1.165) is 36.6 Å². The van der Waals surface area contributed by atoms with Gasteiger partial charge in [-0.2, -0.15) is 0 Å². The maximum Gasteiger partial charge on any atom is 0.245 e.